The Morgan fingerprint density at radius 2 is 1.97 bits per heavy atom. The summed E-state index contributed by atoms with van der Waals surface area (Å²) in [6.07, 6.45) is 0. The number of hydrogen-bond acceptors (Lipinski definition) is 9. The summed E-state index contributed by atoms with van der Waals surface area (Å²) < 4.78 is 6.85. The Bertz CT molecular complexity index is 1530. The van der Waals surface area contributed by atoms with E-state index >= 15 is 0 Å². The molecule has 0 amide bonds. The molecule has 0 aliphatic heterocycles. The second-order valence-corrected chi connectivity index (χ2v) is 7.97. The number of aryl methyl sites for hydroxylation is 1. The first-order valence-corrected chi connectivity index (χ1v) is 10.6. The van der Waals surface area contributed by atoms with Gasteiger partial charge in [-0.2, -0.15) is 15.2 Å². The number of nitrogens with one attached hydrogen (secondary N) is 1. The number of benzene rings is 2. The highest BCUT2D eigenvalue weighted by atomic mass is 35.5. The molecule has 34 heavy (non-hydrogen) atoms. The van der Waals surface area contributed by atoms with Crippen LogP contribution in [-0.4, -0.2) is 26.6 Å². The minimum Gasteiger partial charge on any atom is -0.497 e. The van der Waals surface area contributed by atoms with E-state index in [-0.39, 0.29) is 34.1 Å². The molecular formula is C23H21ClN8O2. The van der Waals surface area contributed by atoms with Gasteiger partial charge in [0.1, 0.15) is 29.0 Å². The summed E-state index contributed by atoms with van der Waals surface area (Å²) in [5.41, 5.74) is 13.1. The van der Waals surface area contributed by atoms with Crippen LogP contribution >= 0.6 is 11.6 Å². The number of nitrogens with zero attached hydrogens (tertiary/aromatic N) is 5. The molecule has 0 fully saturated rings. The Hall–Kier alpha value is -4.36. The molecule has 11 heteroatoms. The van der Waals surface area contributed by atoms with Gasteiger partial charge in [-0.05, 0) is 37.6 Å². The van der Waals surface area contributed by atoms with Gasteiger partial charge in [-0.25, -0.2) is 4.98 Å². The predicted octanol–water partition coefficient (Wildman–Crippen LogP) is 3.36. The normalized spacial score (nSPS) is 11.7. The molecule has 0 saturated heterocycles. The van der Waals surface area contributed by atoms with Crippen molar-refractivity contribution in [2.24, 2.45) is 0 Å². The Kier molecular flexibility index (Phi) is 5.96. The Labute approximate surface area is 199 Å². The van der Waals surface area contributed by atoms with Crippen molar-refractivity contribution in [2.75, 3.05) is 23.9 Å². The number of nitriles is 1. The van der Waals surface area contributed by atoms with Gasteiger partial charge in [-0.15, -0.1) is 0 Å². The van der Waals surface area contributed by atoms with E-state index in [0.717, 1.165) is 5.56 Å². The second-order valence-electron chi connectivity index (χ2n) is 7.57. The van der Waals surface area contributed by atoms with Crippen LogP contribution in [0.1, 0.15) is 29.9 Å². The minimum absolute atomic E-state index is 0.0383. The number of fused-ring (bicyclic) bond motifs is 1. The van der Waals surface area contributed by atoms with Gasteiger partial charge in [0.2, 0.25) is 5.95 Å². The largest absolute Gasteiger partial charge is 0.497 e. The number of rotatable bonds is 5. The summed E-state index contributed by atoms with van der Waals surface area (Å²) in [5.74, 6) is 0.918. The van der Waals surface area contributed by atoms with E-state index in [1.165, 1.54) is 4.57 Å². The van der Waals surface area contributed by atoms with Gasteiger partial charge in [0.25, 0.3) is 5.56 Å². The first kappa shape index (κ1) is 22.8. The summed E-state index contributed by atoms with van der Waals surface area (Å²) in [7, 11) is 1.55. The topological polar surface area (TPSA) is 158 Å². The Morgan fingerprint density at radius 3 is 2.68 bits per heavy atom. The molecule has 5 N–H and O–H groups in total. The fraction of sp³-hybridized carbons (Fsp3) is 0.174. The number of anilines is 3. The Morgan fingerprint density at radius 1 is 1.21 bits per heavy atom. The van der Waals surface area contributed by atoms with E-state index in [1.54, 1.807) is 44.4 Å². The highest BCUT2D eigenvalue weighted by Gasteiger charge is 2.22. The SMILES string of the molecule is COc1ccc(C)c(-n2c(C(C)Nc3nc(N)nc(N)c3C#N)nc3cccc(Cl)c3c2=O)c1. The number of aromatic nitrogens is 4. The average Bonchev–Trinajstić information content (AvgIpc) is 2.79. The van der Waals surface area contributed by atoms with E-state index < -0.39 is 6.04 Å². The molecule has 4 rings (SSSR count). The third-order valence-electron chi connectivity index (χ3n) is 5.34. The molecule has 1 atom stereocenters. The third-order valence-corrected chi connectivity index (χ3v) is 5.65. The zero-order valence-electron chi connectivity index (χ0n) is 18.6. The lowest BCUT2D eigenvalue weighted by Gasteiger charge is -2.22. The van der Waals surface area contributed by atoms with E-state index in [4.69, 9.17) is 32.8 Å². The molecule has 172 valence electrons. The molecule has 0 bridgehead atoms. The van der Waals surface area contributed by atoms with Crippen molar-refractivity contribution >= 4 is 40.1 Å². The first-order valence-electron chi connectivity index (χ1n) is 10.2. The third kappa shape index (κ3) is 3.93. The highest BCUT2D eigenvalue weighted by molar-refractivity contribution is 6.35. The summed E-state index contributed by atoms with van der Waals surface area (Å²) in [6, 6.07) is 11.8. The first-order chi connectivity index (χ1) is 16.2. The molecule has 0 radical (unpaired) electrons. The van der Waals surface area contributed by atoms with Gasteiger partial charge >= 0.3 is 0 Å². The maximum absolute atomic E-state index is 13.8. The fourth-order valence-electron chi connectivity index (χ4n) is 3.67. The standard InChI is InChI=1S/C23H21ClN8O2/c1-11-7-8-13(34-3)9-17(11)32-21(29-16-6-4-5-15(24)18(16)22(32)33)12(2)28-20-14(10-25)19(26)30-23(27)31-20/h4-9,12H,1-3H3,(H5,26,27,28,30,31). The monoisotopic (exact) mass is 476 g/mol. The molecule has 0 spiro atoms. The van der Waals surface area contributed by atoms with Crippen molar-refractivity contribution in [1.82, 2.24) is 19.5 Å². The molecule has 0 aliphatic rings. The summed E-state index contributed by atoms with van der Waals surface area (Å²) in [6.45, 7) is 3.65. The number of nitrogen functional groups attached to an aromatic ring is 2. The van der Waals surface area contributed by atoms with Gasteiger partial charge in [0, 0.05) is 6.07 Å². The summed E-state index contributed by atoms with van der Waals surface area (Å²) in [4.78, 5) is 26.5. The smallest absolute Gasteiger partial charge is 0.267 e. The molecule has 0 saturated carbocycles. The fourth-order valence-corrected chi connectivity index (χ4v) is 3.92. The molecular weight excluding hydrogens is 456 g/mol. The number of nitrogens with two attached hydrogens (primary N) is 2. The quantitative estimate of drug-likeness (QED) is 0.392. The van der Waals surface area contributed by atoms with E-state index in [2.05, 4.69) is 15.3 Å². The van der Waals surface area contributed by atoms with Crippen LogP contribution in [0.25, 0.3) is 16.6 Å². The lowest BCUT2D eigenvalue weighted by atomic mass is 10.1. The van der Waals surface area contributed by atoms with Gasteiger partial charge in [0.15, 0.2) is 5.82 Å². The maximum Gasteiger partial charge on any atom is 0.267 e. The number of hydrogen-bond donors (Lipinski definition) is 3. The summed E-state index contributed by atoms with van der Waals surface area (Å²) in [5, 5.41) is 13.2. The van der Waals surface area contributed by atoms with Crippen LogP contribution in [0.3, 0.4) is 0 Å². The van der Waals surface area contributed by atoms with E-state index in [0.29, 0.717) is 27.8 Å². The van der Waals surface area contributed by atoms with Crippen LogP contribution < -0.4 is 27.1 Å². The van der Waals surface area contributed by atoms with Crippen molar-refractivity contribution < 1.29 is 4.74 Å². The van der Waals surface area contributed by atoms with Crippen molar-refractivity contribution in [1.29, 1.82) is 5.26 Å². The Balaban J connectivity index is 1.99. The molecule has 10 nitrogen and oxygen atoms in total. The van der Waals surface area contributed by atoms with Crippen LogP contribution in [0, 0.1) is 18.3 Å². The molecule has 1 unspecified atom stereocenters. The maximum atomic E-state index is 13.8. The van der Waals surface area contributed by atoms with Gasteiger partial charge in [0.05, 0.1) is 34.8 Å². The van der Waals surface area contributed by atoms with Crippen molar-refractivity contribution in [3.63, 3.8) is 0 Å². The van der Waals surface area contributed by atoms with Crippen LogP contribution in [0.15, 0.2) is 41.2 Å². The molecule has 2 heterocycles. The van der Waals surface area contributed by atoms with E-state index in [1.807, 2.05) is 19.1 Å². The van der Waals surface area contributed by atoms with Crippen molar-refractivity contribution in [3.05, 3.63) is 68.7 Å². The number of ether oxygens (including phenoxy) is 1. The number of methoxy groups -OCH3 is 1. The molecule has 4 aromatic rings. The van der Waals surface area contributed by atoms with Crippen LogP contribution in [-0.2, 0) is 0 Å². The highest BCUT2D eigenvalue weighted by Crippen LogP contribution is 2.28. The van der Waals surface area contributed by atoms with Crippen LogP contribution in [0.4, 0.5) is 17.6 Å². The van der Waals surface area contributed by atoms with Gasteiger partial charge in [-0.3, -0.25) is 9.36 Å². The molecule has 2 aromatic heterocycles. The number of halogens is 1. The lowest BCUT2D eigenvalue weighted by Crippen LogP contribution is -2.28. The second kappa shape index (κ2) is 8.88. The zero-order valence-corrected chi connectivity index (χ0v) is 19.4. The molecule has 0 aliphatic carbocycles. The average molecular weight is 477 g/mol. The predicted molar refractivity (Wildman–Crippen MR) is 131 cm³/mol. The van der Waals surface area contributed by atoms with Crippen LogP contribution in [0.5, 0.6) is 5.75 Å². The summed E-state index contributed by atoms with van der Waals surface area (Å²) >= 11 is 6.38. The van der Waals surface area contributed by atoms with Crippen molar-refractivity contribution in [2.45, 2.75) is 19.9 Å². The zero-order chi connectivity index (χ0) is 24.6. The lowest BCUT2D eigenvalue weighted by molar-refractivity contribution is 0.414. The molecule has 2 aromatic carbocycles. The van der Waals surface area contributed by atoms with E-state index in [9.17, 15) is 10.1 Å². The van der Waals surface area contributed by atoms with Gasteiger partial charge < -0.3 is 21.5 Å². The van der Waals surface area contributed by atoms with Gasteiger partial charge in [-0.1, -0.05) is 23.7 Å². The van der Waals surface area contributed by atoms with Crippen LogP contribution in [0.2, 0.25) is 5.02 Å². The minimum atomic E-state index is -0.609. The van der Waals surface area contributed by atoms with Crippen molar-refractivity contribution in [3.8, 4) is 17.5 Å².